The van der Waals surface area contributed by atoms with Gasteiger partial charge in [0.1, 0.15) is 29.8 Å². The van der Waals surface area contributed by atoms with Gasteiger partial charge in [-0.25, -0.2) is 4.39 Å². The van der Waals surface area contributed by atoms with Crippen LogP contribution < -0.4 is 30.5 Å². The number of nitriles is 1. The fourth-order valence-corrected chi connectivity index (χ4v) is 9.48. The summed E-state index contributed by atoms with van der Waals surface area (Å²) in [6.45, 7) is 14.0. The van der Waals surface area contributed by atoms with Gasteiger partial charge in [-0.2, -0.15) is 5.26 Å². The number of carbonyl (C=O) groups excluding carboxylic acids is 4. The lowest BCUT2D eigenvalue weighted by atomic mass is 9.49. The number of amides is 4. The molecule has 58 heavy (non-hydrogen) atoms. The van der Waals surface area contributed by atoms with Crippen LogP contribution in [0.1, 0.15) is 79.8 Å². The molecule has 3 saturated heterocycles. The third-order valence-corrected chi connectivity index (χ3v) is 12.6. The molecule has 14 nitrogen and oxygen atoms in total. The highest BCUT2D eigenvalue weighted by atomic mass is 35.5. The smallest absolute Gasteiger partial charge is 0.272 e. The maximum absolute atomic E-state index is 15.1. The van der Waals surface area contributed by atoms with E-state index in [-0.39, 0.29) is 48.1 Å². The van der Waals surface area contributed by atoms with E-state index < -0.39 is 34.5 Å². The van der Waals surface area contributed by atoms with Crippen molar-refractivity contribution in [1.82, 2.24) is 31.0 Å². The maximum atomic E-state index is 15.1. The lowest BCUT2D eigenvalue weighted by Crippen LogP contribution is -2.74. The molecule has 1 saturated carbocycles. The largest absolute Gasteiger partial charge is 0.489 e. The zero-order valence-corrected chi connectivity index (χ0v) is 33.9. The predicted molar refractivity (Wildman–Crippen MR) is 215 cm³/mol. The molecular weight excluding hydrogens is 765 g/mol. The summed E-state index contributed by atoms with van der Waals surface area (Å²) in [5.41, 5.74) is 0.393. The number of carbonyl (C=O) groups is 4. The Morgan fingerprint density at radius 2 is 1.64 bits per heavy atom. The van der Waals surface area contributed by atoms with Gasteiger partial charge >= 0.3 is 0 Å². The van der Waals surface area contributed by atoms with E-state index in [1.807, 2.05) is 6.07 Å². The summed E-state index contributed by atoms with van der Waals surface area (Å²) in [7, 11) is 0. The van der Waals surface area contributed by atoms with E-state index in [0.717, 1.165) is 64.5 Å². The third kappa shape index (κ3) is 8.44. The lowest BCUT2D eigenvalue weighted by molar-refractivity contribution is -0.164. The molecule has 0 radical (unpaired) electrons. The second-order valence-electron chi connectivity index (χ2n) is 16.9. The standard InChI is InChI=1S/C42H49ClFN9O5/c1-41(2)39(42(3,4)40(41)58-28-7-5-26(23-45)30(43)22-28)48-38(57)33-9-11-34(50-49-33)53-15-13-25(14-16-53)24-51-17-19-52(20-18-51)27-6-8-29(31(44)21-27)36(55)46-32-10-12-35(54)47-37(32)56/h5-9,11,21-22,25,32,39-40H,10,12-20,24H2,1-4H3,(H,46,55)(H,48,57)(H,47,54,56)/t32?,39-,40-. The van der Waals surface area contributed by atoms with Gasteiger partial charge < -0.3 is 25.2 Å². The molecule has 0 spiro atoms. The topological polar surface area (TPSA) is 173 Å². The highest BCUT2D eigenvalue weighted by molar-refractivity contribution is 6.31. The minimum atomic E-state index is -0.870. The quantitative estimate of drug-likeness (QED) is 0.249. The van der Waals surface area contributed by atoms with Crippen LogP contribution in [0.5, 0.6) is 5.75 Å². The summed E-state index contributed by atoms with van der Waals surface area (Å²) < 4.78 is 21.4. The number of nitrogens with one attached hydrogen (secondary N) is 3. The first-order valence-electron chi connectivity index (χ1n) is 19.8. The SMILES string of the molecule is CC1(C)[C@H](NC(=O)c2ccc(N3CCC(CN4CCN(c5ccc(C(=O)NC6CCC(=O)NC6=O)c(F)c5)CC4)CC3)nn2)C(C)(C)[C@H]1Oc1ccc(C#N)c(Cl)c1. The van der Waals surface area contributed by atoms with Crippen LogP contribution in [0.15, 0.2) is 48.5 Å². The number of hydrogen-bond donors (Lipinski definition) is 3. The highest BCUT2D eigenvalue weighted by Gasteiger charge is 2.64. The van der Waals surface area contributed by atoms with Crippen molar-refractivity contribution in [2.45, 2.75) is 71.6 Å². The Hall–Kier alpha value is -5.33. The van der Waals surface area contributed by atoms with E-state index in [1.165, 1.54) is 12.1 Å². The minimum absolute atomic E-state index is 0.121. The first-order valence-corrected chi connectivity index (χ1v) is 20.2. The van der Waals surface area contributed by atoms with Gasteiger partial charge in [0, 0.05) is 80.9 Å². The molecule has 306 valence electrons. The second kappa shape index (κ2) is 16.5. The molecule has 3 aliphatic heterocycles. The van der Waals surface area contributed by atoms with Crippen molar-refractivity contribution in [3.63, 3.8) is 0 Å². The fraction of sp³-hybridized carbons (Fsp3) is 0.500. The Bertz CT molecular complexity index is 2090. The summed E-state index contributed by atoms with van der Waals surface area (Å²) in [6, 6.07) is 14.1. The average Bonchev–Trinajstić information content (AvgIpc) is 3.20. The molecule has 1 unspecified atom stereocenters. The van der Waals surface area contributed by atoms with E-state index in [0.29, 0.717) is 27.9 Å². The lowest BCUT2D eigenvalue weighted by Gasteiger charge is -2.63. The number of ether oxygens (including phenoxy) is 1. The summed E-state index contributed by atoms with van der Waals surface area (Å²) in [6.07, 6.45) is 2.09. The molecule has 4 fully saturated rings. The Morgan fingerprint density at radius 3 is 2.26 bits per heavy atom. The van der Waals surface area contributed by atoms with Gasteiger partial charge in [-0.15, -0.1) is 10.2 Å². The van der Waals surface area contributed by atoms with Crippen LogP contribution in [-0.4, -0.2) is 103 Å². The van der Waals surface area contributed by atoms with Crippen LogP contribution in [0.3, 0.4) is 0 Å². The number of benzene rings is 2. The van der Waals surface area contributed by atoms with Gasteiger partial charge in [-0.1, -0.05) is 39.3 Å². The van der Waals surface area contributed by atoms with Gasteiger partial charge in [-0.3, -0.25) is 29.4 Å². The monoisotopic (exact) mass is 813 g/mol. The van der Waals surface area contributed by atoms with Crippen molar-refractivity contribution in [1.29, 1.82) is 5.26 Å². The number of anilines is 2. The molecule has 1 aliphatic carbocycles. The van der Waals surface area contributed by atoms with Gasteiger partial charge in [0.05, 0.1) is 16.1 Å². The molecule has 4 aliphatic rings. The fourth-order valence-electron chi connectivity index (χ4n) is 9.27. The van der Waals surface area contributed by atoms with Crippen molar-refractivity contribution in [3.05, 3.63) is 76.2 Å². The molecule has 3 aromatic rings. The number of piperidine rings is 2. The van der Waals surface area contributed by atoms with Crippen LogP contribution >= 0.6 is 11.6 Å². The van der Waals surface area contributed by atoms with Crippen LogP contribution in [0, 0.1) is 33.9 Å². The Kier molecular flexibility index (Phi) is 11.6. The summed E-state index contributed by atoms with van der Waals surface area (Å²) >= 11 is 6.23. The van der Waals surface area contributed by atoms with Gasteiger partial charge in [0.15, 0.2) is 11.5 Å². The van der Waals surface area contributed by atoms with Crippen molar-refractivity contribution in [3.8, 4) is 11.8 Å². The van der Waals surface area contributed by atoms with Gasteiger partial charge in [0.2, 0.25) is 11.8 Å². The first-order chi connectivity index (χ1) is 27.6. The van der Waals surface area contributed by atoms with Crippen LogP contribution in [0.2, 0.25) is 5.02 Å². The van der Waals surface area contributed by atoms with Crippen molar-refractivity contribution >= 4 is 46.7 Å². The number of imide groups is 1. The van der Waals surface area contributed by atoms with Crippen molar-refractivity contribution in [2.75, 3.05) is 55.6 Å². The number of aromatic nitrogens is 2. The minimum Gasteiger partial charge on any atom is -0.489 e. The Morgan fingerprint density at radius 1 is 0.914 bits per heavy atom. The van der Waals surface area contributed by atoms with Crippen LogP contribution in [0.4, 0.5) is 15.9 Å². The number of nitrogens with zero attached hydrogens (tertiary/aromatic N) is 6. The summed E-state index contributed by atoms with van der Waals surface area (Å²) in [5.74, 6) is -0.759. The Balaban J connectivity index is 0.842. The highest BCUT2D eigenvalue weighted by Crippen LogP contribution is 2.55. The van der Waals surface area contributed by atoms with E-state index in [9.17, 15) is 24.4 Å². The van der Waals surface area contributed by atoms with Crippen LogP contribution in [0.25, 0.3) is 0 Å². The zero-order valence-electron chi connectivity index (χ0n) is 33.2. The van der Waals surface area contributed by atoms with E-state index in [2.05, 4.69) is 74.6 Å². The zero-order chi connectivity index (χ0) is 41.4. The first kappa shape index (κ1) is 40.9. The van der Waals surface area contributed by atoms with E-state index in [4.69, 9.17) is 16.3 Å². The number of halogens is 2. The molecule has 7 rings (SSSR count). The van der Waals surface area contributed by atoms with Gasteiger partial charge in [-0.05, 0) is 67.6 Å². The number of rotatable bonds is 10. The molecule has 4 amide bonds. The van der Waals surface area contributed by atoms with E-state index >= 15 is 4.39 Å². The normalized spacial score (nSPS) is 23.3. The van der Waals surface area contributed by atoms with Crippen molar-refractivity contribution < 1.29 is 28.3 Å². The van der Waals surface area contributed by atoms with Crippen molar-refractivity contribution in [2.24, 2.45) is 16.7 Å². The molecule has 0 bridgehead atoms. The Labute approximate surface area is 342 Å². The molecule has 16 heteroatoms. The van der Waals surface area contributed by atoms with Crippen LogP contribution in [-0.2, 0) is 9.59 Å². The maximum Gasteiger partial charge on any atom is 0.272 e. The molecular formula is C42H49ClFN9O5. The second-order valence-corrected chi connectivity index (χ2v) is 17.3. The predicted octanol–water partition coefficient (Wildman–Crippen LogP) is 4.33. The van der Waals surface area contributed by atoms with Gasteiger partial charge in [0.25, 0.3) is 11.8 Å². The summed E-state index contributed by atoms with van der Waals surface area (Å²) in [5, 5.41) is 26.2. The molecule has 4 heterocycles. The number of piperazine rings is 1. The molecule has 3 N–H and O–H groups in total. The van der Waals surface area contributed by atoms with E-state index in [1.54, 1.807) is 30.3 Å². The average molecular weight is 814 g/mol. The number of hydrogen-bond acceptors (Lipinski definition) is 11. The molecule has 1 atom stereocenters. The third-order valence-electron chi connectivity index (χ3n) is 12.2. The summed E-state index contributed by atoms with van der Waals surface area (Å²) in [4.78, 5) is 56.2. The molecule has 2 aromatic carbocycles. The molecule has 1 aromatic heterocycles.